The van der Waals surface area contributed by atoms with Gasteiger partial charge in [0.15, 0.2) is 11.3 Å². The van der Waals surface area contributed by atoms with Gasteiger partial charge in [-0.1, -0.05) is 5.16 Å². The van der Waals surface area contributed by atoms with Crippen LogP contribution in [0, 0.1) is 23.2 Å². The molecule has 0 radical (unpaired) electrons. The normalized spacial score (nSPS) is 14.9. The fourth-order valence-electron chi connectivity index (χ4n) is 5.05. The van der Waals surface area contributed by atoms with Crippen LogP contribution < -0.4 is 4.74 Å². The summed E-state index contributed by atoms with van der Waals surface area (Å²) in [6, 6.07) is 6.36. The Kier molecular flexibility index (Phi) is 15.6. The zero-order valence-corrected chi connectivity index (χ0v) is 28.7. The Hall–Kier alpha value is -5.11. The maximum Gasteiger partial charge on any atom is 0.328 e. The molecule has 2 aliphatic rings. The summed E-state index contributed by atoms with van der Waals surface area (Å²) in [7, 11) is 4.15. The third kappa shape index (κ3) is 14.2. The summed E-state index contributed by atoms with van der Waals surface area (Å²) in [5.74, 6) is -2.67. The second-order valence-corrected chi connectivity index (χ2v) is 13.0. The van der Waals surface area contributed by atoms with Gasteiger partial charge < -0.3 is 34.6 Å². The Labute approximate surface area is 292 Å². The van der Waals surface area contributed by atoms with E-state index in [0.717, 1.165) is 84.5 Å². The number of hydrogen-bond acceptors (Lipinski definition) is 12. The Morgan fingerprint density at radius 2 is 1.58 bits per heavy atom. The predicted octanol–water partition coefficient (Wildman–Crippen LogP) is 4.27. The van der Waals surface area contributed by atoms with Crippen LogP contribution in [0.4, 0.5) is 0 Å². The highest BCUT2D eigenvalue weighted by Gasteiger charge is 2.25. The number of aromatic nitrogens is 2. The molecule has 3 heterocycles. The molecule has 0 atom stereocenters. The van der Waals surface area contributed by atoms with E-state index < -0.39 is 23.9 Å². The molecule has 3 aromatic rings. The van der Waals surface area contributed by atoms with Crippen molar-refractivity contribution in [2.75, 3.05) is 33.8 Å². The van der Waals surface area contributed by atoms with Gasteiger partial charge >= 0.3 is 23.9 Å². The Bertz CT molecular complexity index is 1650. The van der Waals surface area contributed by atoms with Crippen molar-refractivity contribution in [3.05, 3.63) is 63.8 Å². The van der Waals surface area contributed by atoms with E-state index in [1.807, 2.05) is 5.38 Å². The zero-order chi connectivity index (χ0) is 36.6. The zero-order valence-electron chi connectivity index (χ0n) is 27.9. The second kappa shape index (κ2) is 19.8. The van der Waals surface area contributed by atoms with Crippen LogP contribution in [0.5, 0.6) is 5.75 Å². The fourth-order valence-corrected chi connectivity index (χ4v) is 5.81. The summed E-state index contributed by atoms with van der Waals surface area (Å²) in [6.07, 6.45) is 9.25. The summed E-state index contributed by atoms with van der Waals surface area (Å²) in [4.78, 5) is 47.2. The summed E-state index contributed by atoms with van der Waals surface area (Å²) in [6.45, 7) is 4.60. The molecule has 15 nitrogen and oxygen atoms in total. The van der Waals surface area contributed by atoms with Crippen LogP contribution in [0.3, 0.4) is 0 Å². The molecule has 268 valence electrons. The lowest BCUT2D eigenvalue weighted by Crippen LogP contribution is -2.33. The number of hydrogen-bond donors (Lipinski definition) is 4. The molecule has 5 rings (SSSR count). The molecule has 2 fully saturated rings. The van der Waals surface area contributed by atoms with Crippen LogP contribution in [0.15, 0.2) is 46.3 Å². The van der Waals surface area contributed by atoms with Crippen molar-refractivity contribution in [2.24, 2.45) is 11.8 Å². The minimum absolute atomic E-state index is 0.532. The van der Waals surface area contributed by atoms with Crippen molar-refractivity contribution in [1.29, 1.82) is 5.26 Å². The molecule has 1 aromatic carbocycles. The average Bonchev–Trinajstić information content (AvgIpc) is 3.63. The minimum atomic E-state index is -1.26. The topological polar surface area (TPSA) is 228 Å². The van der Waals surface area contributed by atoms with Crippen LogP contribution in [-0.2, 0) is 38.7 Å². The summed E-state index contributed by atoms with van der Waals surface area (Å²) >= 11 is 1.59. The lowest BCUT2D eigenvalue weighted by Gasteiger charge is -2.31. The van der Waals surface area contributed by atoms with E-state index >= 15 is 0 Å². The van der Waals surface area contributed by atoms with E-state index in [-0.39, 0.29) is 0 Å². The monoisotopic (exact) mass is 711 g/mol. The number of benzene rings is 1. The average molecular weight is 712 g/mol. The highest BCUT2D eigenvalue weighted by Crippen LogP contribution is 2.35. The first-order valence-electron chi connectivity index (χ1n) is 15.9. The number of likely N-dealkylation sites (tertiary alicyclic amines) is 1. The number of fused-ring (bicyclic) bond motifs is 1. The maximum atomic E-state index is 9.55. The van der Waals surface area contributed by atoms with Gasteiger partial charge in [0, 0.05) is 41.6 Å². The van der Waals surface area contributed by atoms with Crippen molar-refractivity contribution >= 4 is 46.2 Å². The van der Waals surface area contributed by atoms with Gasteiger partial charge in [-0.2, -0.15) is 5.26 Å². The van der Waals surface area contributed by atoms with E-state index in [1.54, 1.807) is 11.3 Å². The Morgan fingerprint density at radius 1 is 0.980 bits per heavy atom. The SMILES string of the molecule is CN(C)Cc1c(OCC2CC2)ccc2c(CCC3CCN(Cc4nc(C#N)cs4)CC3)noc12.O=C(O)C=CC(=O)O.O=C(O)C=CC(=O)O. The number of aryl methyl sites for hydroxylation is 1. The first kappa shape index (κ1) is 39.3. The number of rotatable bonds is 14. The summed E-state index contributed by atoms with van der Waals surface area (Å²) in [5.41, 5.74) is 3.59. The van der Waals surface area contributed by atoms with Gasteiger partial charge in [-0.05, 0) is 89.7 Å². The van der Waals surface area contributed by atoms with Gasteiger partial charge in [0.2, 0.25) is 0 Å². The Morgan fingerprint density at radius 3 is 2.08 bits per heavy atom. The minimum Gasteiger partial charge on any atom is -0.493 e. The molecule has 1 aliphatic carbocycles. The number of piperidine rings is 1. The number of carboxylic acid groups (broad SMARTS) is 4. The van der Waals surface area contributed by atoms with Gasteiger partial charge in [-0.15, -0.1) is 11.3 Å². The molecule has 0 bridgehead atoms. The molecule has 1 saturated carbocycles. The van der Waals surface area contributed by atoms with Crippen LogP contribution in [0.25, 0.3) is 11.0 Å². The molecule has 2 aromatic heterocycles. The molecule has 0 spiro atoms. The van der Waals surface area contributed by atoms with Gasteiger partial charge in [-0.25, -0.2) is 24.2 Å². The molecular formula is C34H41N5O10S. The number of carboxylic acids is 4. The van der Waals surface area contributed by atoms with Crippen LogP contribution in [0.1, 0.15) is 54.1 Å². The highest BCUT2D eigenvalue weighted by atomic mass is 32.1. The fraction of sp³-hybridized carbons (Fsp3) is 0.441. The number of ether oxygens (including phenoxy) is 1. The number of nitrogens with zero attached hydrogens (tertiary/aromatic N) is 5. The third-order valence-electron chi connectivity index (χ3n) is 7.68. The first-order valence-corrected chi connectivity index (χ1v) is 16.7. The van der Waals surface area contributed by atoms with Gasteiger partial charge in [-0.3, -0.25) is 4.90 Å². The van der Waals surface area contributed by atoms with Gasteiger partial charge in [0.25, 0.3) is 0 Å². The molecule has 50 heavy (non-hydrogen) atoms. The standard InChI is InChI=1S/C26H33N5O2S.2C4H4O4/c1-30(2)14-22-24(32-16-19-3-4-19)8-6-21-23(29-33-26(21)22)7-5-18-9-11-31(12-10-18)15-25-28-20(13-27)17-34-25;2*5-3(6)1-2-4(7)8/h6,8,17-19H,3-5,7,9-12,14-16H2,1-2H3;2*1-2H,(H,5,6)(H,7,8). The summed E-state index contributed by atoms with van der Waals surface area (Å²) in [5, 5.41) is 48.7. The number of aliphatic carboxylic acids is 4. The van der Waals surface area contributed by atoms with Crippen molar-refractivity contribution in [2.45, 2.75) is 51.6 Å². The lowest BCUT2D eigenvalue weighted by atomic mass is 9.91. The van der Waals surface area contributed by atoms with E-state index in [1.165, 1.54) is 25.7 Å². The smallest absolute Gasteiger partial charge is 0.328 e. The molecular weight excluding hydrogens is 670 g/mol. The number of carbonyl (C=O) groups is 4. The maximum absolute atomic E-state index is 9.55. The van der Waals surface area contributed by atoms with Crippen LogP contribution >= 0.6 is 11.3 Å². The molecule has 16 heteroatoms. The Balaban J connectivity index is 0.000000352. The van der Waals surface area contributed by atoms with Crippen molar-refractivity contribution in [3.8, 4) is 11.8 Å². The largest absolute Gasteiger partial charge is 0.493 e. The molecule has 1 saturated heterocycles. The van der Waals surface area contributed by atoms with Crippen molar-refractivity contribution in [3.63, 3.8) is 0 Å². The highest BCUT2D eigenvalue weighted by molar-refractivity contribution is 7.09. The van der Waals surface area contributed by atoms with Crippen molar-refractivity contribution < 1.29 is 48.9 Å². The lowest BCUT2D eigenvalue weighted by molar-refractivity contribution is -0.134. The van der Waals surface area contributed by atoms with E-state index in [4.69, 9.17) is 34.9 Å². The van der Waals surface area contributed by atoms with Crippen LogP contribution in [0.2, 0.25) is 0 Å². The van der Waals surface area contributed by atoms with Crippen molar-refractivity contribution in [1.82, 2.24) is 19.9 Å². The summed E-state index contributed by atoms with van der Waals surface area (Å²) < 4.78 is 12.0. The third-order valence-corrected chi connectivity index (χ3v) is 8.51. The molecule has 0 unspecified atom stereocenters. The van der Waals surface area contributed by atoms with Crippen LogP contribution in [-0.4, -0.2) is 98.0 Å². The van der Waals surface area contributed by atoms with E-state index in [0.29, 0.717) is 35.9 Å². The number of thiazole rings is 1. The molecule has 4 N–H and O–H groups in total. The van der Waals surface area contributed by atoms with Gasteiger partial charge in [0.05, 0.1) is 24.4 Å². The van der Waals surface area contributed by atoms with E-state index in [2.05, 4.69) is 52.2 Å². The quantitative estimate of drug-likeness (QED) is 0.171. The number of nitriles is 1. The molecule has 1 aliphatic heterocycles. The first-order chi connectivity index (χ1) is 23.8. The van der Waals surface area contributed by atoms with Gasteiger partial charge in [0.1, 0.15) is 16.8 Å². The second-order valence-electron chi connectivity index (χ2n) is 12.1. The van der Waals surface area contributed by atoms with E-state index in [9.17, 15) is 19.2 Å². The molecule has 0 amide bonds. The predicted molar refractivity (Wildman–Crippen MR) is 182 cm³/mol.